The molecule has 0 unspecified atom stereocenters. The Balaban J connectivity index is 1.95. The number of para-hydroxylation sites is 1. The molecule has 0 radical (unpaired) electrons. The van der Waals surface area contributed by atoms with Crippen molar-refractivity contribution in [3.63, 3.8) is 0 Å². The molecular weight excluding hydrogens is 240 g/mol. The van der Waals surface area contributed by atoms with E-state index in [-0.39, 0.29) is 18.4 Å². The summed E-state index contributed by atoms with van der Waals surface area (Å²) in [5.41, 5.74) is 2.15. The smallest absolute Gasteiger partial charge is 0.225 e. The Morgan fingerprint density at radius 3 is 3.05 bits per heavy atom. The van der Waals surface area contributed by atoms with Gasteiger partial charge in [-0.15, -0.1) is 0 Å². The zero-order valence-electron chi connectivity index (χ0n) is 11.4. The number of benzene rings is 1. The maximum absolute atomic E-state index is 11.7. The summed E-state index contributed by atoms with van der Waals surface area (Å²) < 4.78 is 0. The lowest BCUT2D eigenvalue weighted by molar-refractivity contribution is -0.116. The van der Waals surface area contributed by atoms with E-state index in [0.29, 0.717) is 12.5 Å². The number of aliphatic hydroxyl groups is 1. The van der Waals surface area contributed by atoms with Crippen molar-refractivity contribution in [2.75, 3.05) is 18.5 Å². The number of carbonyl (C=O) groups excluding carboxylic acids is 1. The molecule has 104 valence electrons. The van der Waals surface area contributed by atoms with E-state index in [9.17, 15) is 4.79 Å². The summed E-state index contributed by atoms with van der Waals surface area (Å²) in [6.07, 6.45) is 2.31. The standard InChI is InChI=1S/C15H22N2O2/c1-11(5-4-8-18)16-10-12-9-15(19)17-14-7-3-2-6-13(12)14/h2-3,6-7,11-12,16,18H,4-5,8-10H2,1H3,(H,17,19)/t11-,12-/m1/s1. The molecule has 0 bridgehead atoms. The number of amides is 1. The van der Waals surface area contributed by atoms with Gasteiger partial charge in [0.25, 0.3) is 0 Å². The van der Waals surface area contributed by atoms with Gasteiger partial charge < -0.3 is 15.7 Å². The van der Waals surface area contributed by atoms with Crippen LogP contribution < -0.4 is 10.6 Å². The van der Waals surface area contributed by atoms with Crippen LogP contribution >= 0.6 is 0 Å². The third-order valence-corrected chi connectivity index (χ3v) is 3.61. The maximum atomic E-state index is 11.7. The molecule has 0 fully saturated rings. The Bertz CT molecular complexity index is 434. The van der Waals surface area contributed by atoms with Gasteiger partial charge in [0.1, 0.15) is 0 Å². The summed E-state index contributed by atoms with van der Waals surface area (Å²) in [6, 6.07) is 8.36. The second kappa shape index (κ2) is 6.68. The highest BCUT2D eigenvalue weighted by Crippen LogP contribution is 2.31. The van der Waals surface area contributed by atoms with E-state index in [1.807, 2.05) is 18.2 Å². The molecule has 1 aromatic rings. The molecule has 3 N–H and O–H groups in total. The predicted molar refractivity (Wildman–Crippen MR) is 76.2 cm³/mol. The minimum absolute atomic E-state index is 0.0912. The summed E-state index contributed by atoms with van der Waals surface area (Å²) >= 11 is 0. The molecule has 0 saturated heterocycles. The molecular formula is C15H22N2O2. The summed E-state index contributed by atoms with van der Waals surface area (Å²) in [5.74, 6) is 0.329. The van der Waals surface area contributed by atoms with Gasteiger partial charge in [-0.25, -0.2) is 0 Å². The van der Waals surface area contributed by atoms with Crippen LogP contribution in [0.2, 0.25) is 0 Å². The molecule has 1 aliphatic heterocycles. The van der Waals surface area contributed by atoms with Crippen LogP contribution in [0.15, 0.2) is 24.3 Å². The summed E-state index contributed by atoms with van der Waals surface area (Å²) in [5, 5.41) is 15.2. The number of anilines is 1. The Morgan fingerprint density at radius 1 is 1.47 bits per heavy atom. The minimum Gasteiger partial charge on any atom is -0.396 e. The van der Waals surface area contributed by atoms with Crippen molar-refractivity contribution in [2.24, 2.45) is 0 Å². The van der Waals surface area contributed by atoms with Crippen molar-refractivity contribution in [1.29, 1.82) is 0 Å². The first-order valence-corrected chi connectivity index (χ1v) is 6.93. The summed E-state index contributed by atoms with van der Waals surface area (Å²) in [6.45, 7) is 3.15. The molecule has 1 amide bonds. The monoisotopic (exact) mass is 262 g/mol. The summed E-state index contributed by atoms with van der Waals surface area (Å²) in [7, 11) is 0. The van der Waals surface area contributed by atoms with Gasteiger partial charge in [-0.2, -0.15) is 0 Å². The highest BCUT2D eigenvalue weighted by atomic mass is 16.2. The Hall–Kier alpha value is -1.39. The number of nitrogens with one attached hydrogen (secondary N) is 2. The van der Waals surface area contributed by atoms with Gasteiger partial charge in [0, 0.05) is 37.2 Å². The first-order chi connectivity index (χ1) is 9.20. The molecule has 1 aromatic carbocycles. The molecule has 0 aromatic heterocycles. The predicted octanol–water partition coefficient (Wildman–Crippen LogP) is 1.86. The van der Waals surface area contributed by atoms with Crippen molar-refractivity contribution < 1.29 is 9.90 Å². The minimum atomic E-state index is 0.0912. The van der Waals surface area contributed by atoms with Gasteiger partial charge in [0.05, 0.1) is 0 Å². The van der Waals surface area contributed by atoms with Crippen LogP contribution in [0.5, 0.6) is 0 Å². The van der Waals surface area contributed by atoms with E-state index < -0.39 is 0 Å². The molecule has 0 aliphatic carbocycles. The van der Waals surface area contributed by atoms with E-state index in [1.54, 1.807) is 0 Å². The number of fused-ring (bicyclic) bond motifs is 1. The molecule has 19 heavy (non-hydrogen) atoms. The molecule has 4 heteroatoms. The average Bonchev–Trinajstić information content (AvgIpc) is 2.42. The van der Waals surface area contributed by atoms with E-state index in [0.717, 1.165) is 25.1 Å². The van der Waals surface area contributed by atoms with Crippen LogP contribution in [0, 0.1) is 0 Å². The van der Waals surface area contributed by atoms with E-state index in [4.69, 9.17) is 5.11 Å². The fourth-order valence-corrected chi connectivity index (χ4v) is 2.53. The van der Waals surface area contributed by atoms with Crippen molar-refractivity contribution >= 4 is 11.6 Å². The third kappa shape index (κ3) is 3.78. The molecule has 1 aliphatic rings. The SMILES string of the molecule is C[C@H](CCCO)NC[C@H]1CC(=O)Nc2ccccc21. The number of rotatable bonds is 6. The van der Waals surface area contributed by atoms with Crippen LogP contribution in [-0.2, 0) is 4.79 Å². The average molecular weight is 262 g/mol. The highest BCUT2D eigenvalue weighted by molar-refractivity contribution is 5.94. The lowest BCUT2D eigenvalue weighted by Gasteiger charge is -2.27. The topological polar surface area (TPSA) is 61.4 Å². The van der Waals surface area contributed by atoms with Crippen molar-refractivity contribution in [3.8, 4) is 0 Å². The van der Waals surface area contributed by atoms with Crippen LogP contribution in [0.1, 0.15) is 37.7 Å². The van der Waals surface area contributed by atoms with E-state index in [2.05, 4.69) is 23.6 Å². The van der Waals surface area contributed by atoms with Crippen molar-refractivity contribution in [3.05, 3.63) is 29.8 Å². The molecule has 2 atom stereocenters. The number of hydrogen-bond acceptors (Lipinski definition) is 3. The normalized spacial score (nSPS) is 19.7. The summed E-state index contributed by atoms with van der Waals surface area (Å²) in [4.78, 5) is 11.7. The number of hydrogen-bond donors (Lipinski definition) is 3. The van der Waals surface area contributed by atoms with Crippen molar-refractivity contribution in [2.45, 2.75) is 38.1 Å². The fourth-order valence-electron chi connectivity index (χ4n) is 2.53. The fraction of sp³-hybridized carbons (Fsp3) is 0.533. The Morgan fingerprint density at radius 2 is 2.26 bits per heavy atom. The third-order valence-electron chi connectivity index (χ3n) is 3.61. The maximum Gasteiger partial charge on any atom is 0.225 e. The van der Waals surface area contributed by atoms with Gasteiger partial charge in [-0.3, -0.25) is 4.79 Å². The molecule has 4 nitrogen and oxygen atoms in total. The van der Waals surface area contributed by atoms with Gasteiger partial charge in [0.15, 0.2) is 0 Å². The lowest BCUT2D eigenvalue weighted by atomic mass is 9.90. The molecule has 1 heterocycles. The lowest BCUT2D eigenvalue weighted by Crippen LogP contribution is -2.34. The van der Waals surface area contributed by atoms with Crippen LogP contribution in [0.25, 0.3) is 0 Å². The largest absolute Gasteiger partial charge is 0.396 e. The number of aliphatic hydroxyl groups excluding tert-OH is 1. The van der Waals surface area contributed by atoms with Gasteiger partial charge >= 0.3 is 0 Å². The van der Waals surface area contributed by atoms with Crippen LogP contribution in [0.3, 0.4) is 0 Å². The van der Waals surface area contributed by atoms with Gasteiger partial charge in [-0.1, -0.05) is 18.2 Å². The molecule has 2 rings (SSSR count). The van der Waals surface area contributed by atoms with Gasteiger partial charge in [0.2, 0.25) is 5.91 Å². The number of carbonyl (C=O) groups is 1. The van der Waals surface area contributed by atoms with E-state index >= 15 is 0 Å². The quantitative estimate of drug-likeness (QED) is 0.733. The van der Waals surface area contributed by atoms with Crippen LogP contribution in [0.4, 0.5) is 5.69 Å². The first kappa shape index (κ1) is 14.0. The van der Waals surface area contributed by atoms with E-state index in [1.165, 1.54) is 5.56 Å². The first-order valence-electron chi connectivity index (χ1n) is 6.93. The Labute approximate surface area is 114 Å². The molecule has 0 spiro atoms. The second-order valence-corrected chi connectivity index (χ2v) is 5.21. The van der Waals surface area contributed by atoms with Gasteiger partial charge in [-0.05, 0) is 31.4 Å². The van der Waals surface area contributed by atoms with Crippen LogP contribution in [-0.4, -0.2) is 30.2 Å². The molecule has 0 saturated carbocycles. The Kier molecular flexibility index (Phi) is 4.93. The van der Waals surface area contributed by atoms with Crippen molar-refractivity contribution in [1.82, 2.24) is 5.32 Å². The zero-order valence-corrected chi connectivity index (χ0v) is 11.4. The second-order valence-electron chi connectivity index (χ2n) is 5.21. The highest BCUT2D eigenvalue weighted by Gasteiger charge is 2.24. The zero-order chi connectivity index (χ0) is 13.7.